The maximum atomic E-state index is 13.2. The smallest absolute Gasteiger partial charge is 0.381 e. The first-order chi connectivity index (χ1) is 13.1. The van der Waals surface area contributed by atoms with Crippen molar-refractivity contribution in [1.29, 1.82) is 0 Å². The summed E-state index contributed by atoms with van der Waals surface area (Å²) in [6.07, 6.45) is -4.53. The van der Waals surface area contributed by atoms with E-state index in [0.717, 1.165) is 19.9 Å². The number of nitrogens with zero attached hydrogens (tertiary/aromatic N) is 2. The molecule has 8 nitrogen and oxygen atoms in total. The number of sulfonamides is 1. The molecule has 0 spiro atoms. The summed E-state index contributed by atoms with van der Waals surface area (Å²) in [5.41, 5.74) is 0.944. The van der Waals surface area contributed by atoms with Gasteiger partial charge in [0.15, 0.2) is 0 Å². The molecule has 0 bridgehead atoms. The number of pyridine rings is 1. The molecular formula is C15H13ClF3N3O5S2. The second kappa shape index (κ2) is 7.55. The van der Waals surface area contributed by atoms with Gasteiger partial charge in [-0.1, -0.05) is 11.6 Å². The quantitative estimate of drug-likeness (QED) is 0.688. The molecule has 0 saturated heterocycles. The summed E-state index contributed by atoms with van der Waals surface area (Å²) in [7, 11) is -5.12. The van der Waals surface area contributed by atoms with Crippen LogP contribution < -0.4 is 10.0 Å². The third kappa shape index (κ3) is 4.52. The van der Waals surface area contributed by atoms with Crippen LogP contribution in [0, 0.1) is 0 Å². The van der Waals surface area contributed by atoms with Crippen LogP contribution in [0.4, 0.5) is 18.2 Å². The zero-order valence-corrected chi connectivity index (χ0v) is 17.1. The Hall–Kier alpha value is -2.22. The second-order valence-electron chi connectivity index (χ2n) is 6.14. The molecule has 0 fully saturated rings. The van der Waals surface area contributed by atoms with E-state index >= 15 is 0 Å². The molecule has 0 saturated carbocycles. The van der Waals surface area contributed by atoms with Gasteiger partial charge in [0.1, 0.15) is 21.2 Å². The standard InChI is InChI=1S/C15H13ClF3N3O5S2/c1-14(2,25)13(24)22(12-7(11(20)23)3-4-28-12)29(26,27)9-5-10(15(17,18)19)21-6-8(9)16/h3-6,25H,1-2H3,(H2,20,23). The summed E-state index contributed by atoms with van der Waals surface area (Å²) in [5.74, 6) is -2.54. The predicted molar refractivity (Wildman–Crippen MR) is 98.1 cm³/mol. The number of hydrogen-bond donors (Lipinski definition) is 2. The van der Waals surface area contributed by atoms with Crippen LogP contribution in [-0.2, 0) is 21.0 Å². The SMILES string of the molecule is CC(C)(O)C(=O)N(c1sccc1C(N)=O)S(=O)(=O)c1cc(C(F)(F)F)ncc1Cl. The van der Waals surface area contributed by atoms with E-state index < -0.39 is 59.8 Å². The number of aromatic nitrogens is 1. The van der Waals surface area contributed by atoms with Gasteiger partial charge in [0, 0.05) is 6.20 Å². The maximum absolute atomic E-state index is 13.2. The lowest BCUT2D eigenvalue weighted by Gasteiger charge is -2.28. The lowest BCUT2D eigenvalue weighted by molar-refractivity contribution is -0.141. The zero-order chi connectivity index (χ0) is 22.4. The Labute approximate surface area is 171 Å². The second-order valence-corrected chi connectivity index (χ2v) is 9.19. The minimum atomic E-state index is -5.12. The van der Waals surface area contributed by atoms with Crippen LogP contribution in [-0.4, -0.2) is 35.9 Å². The Morgan fingerprint density at radius 1 is 1.31 bits per heavy atom. The molecule has 0 aliphatic carbocycles. The number of hydrogen-bond acceptors (Lipinski definition) is 7. The monoisotopic (exact) mass is 471 g/mol. The first-order valence-corrected chi connectivity index (χ1v) is 10.2. The number of carbonyl (C=O) groups is 2. The Bertz CT molecular complexity index is 1080. The van der Waals surface area contributed by atoms with Crippen LogP contribution >= 0.6 is 22.9 Å². The van der Waals surface area contributed by atoms with Crippen molar-refractivity contribution in [3.63, 3.8) is 0 Å². The zero-order valence-electron chi connectivity index (χ0n) is 14.7. The van der Waals surface area contributed by atoms with E-state index in [2.05, 4.69) is 4.98 Å². The molecule has 0 radical (unpaired) electrons. The van der Waals surface area contributed by atoms with Gasteiger partial charge in [-0.3, -0.25) is 14.6 Å². The maximum Gasteiger partial charge on any atom is 0.433 e. The van der Waals surface area contributed by atoms with Crippen molar-refractivity contribution in [1.82, 2.24) is 4.98 Å². The number of primary amides is 1. The van der Waals surface area contributed by atoms with Crippen molar-refractivity contribution in [2.75, 3.05) is 4.31 Å². The highest BCUT2D eigenvalue weighted by atomic mass is 35.5. The number of alkyl halides is 3. The van der Waals surface area contributed by atoms with Crippen molar-refractivity contribution in [2.24, 2.45) is 5.73 Å². The van der Waals surface area contributed by atoms with Crippen molar-refractivity contribution >= 4 is 49.8 Å². The van der Waals surface area contributed by atoms with Crippen LogP contribution in [0.5, 0.6) is 0 Å². The molecule has 0 unspecified atom stereocenters. The molecular weight excluding hydrogens is 459 g/mol. The largest absolute Gasteiger partial charge is 0.433 e. The first-order valence-electron chi connectivity index (χ1n) is 7.50. The Kier molecular flexibility index (Phi) is 6.01. The van der Waals surface area contributed by atoms with E-state index in [1.165, 1.54) is 5.38 Å². The molecule has 2 aromatic heterocycles. The summed E-state index contributed by atoms with van der Waals surface area (Å²) in [6.45, 7) is 1.93. The summed E-state index contributed by atoms with van der Waals surface area (Å²) >= 11 is 6.36. The fourth-order valence-electron chi connectivity index (χ4n) is 2.08. The van der Waals surface area contributed by atoms with Crippen molar-refractivity contribution in [3.8, 4) is 0 Å². The number of anilines is 1. The number of aliphatic hydroxyl groups is 1. The fourth-order valence-corrected chi connectivity index (χ4v) is 5.22. The summed E-state index contributed by atoms with van der Waals surface area (Å²) < 4.78 is 65.3. The summed E-state index contributed by atoms with van der Waals surface area (Å²) in [4.78, 5) is 26.3. The van der Waals surface area contributed by atoms with Crippen LogP contribution in [0.2, 0.25) is 5.02 Å². The van der Waals surface area contributed by atoms with Gasteiger partial charge in [0.05, 0.1) is 10.6 Å². The molecule has 2 heterocycles. The number of rotatable bonds is 5. The van der Waals surface area contributed by atoms with Gasteiger partial charge in [-0.2, -0.15) is 17.5 Å². The van der Waals surface area contributed by atoms with Crippen molar-refractivity contribution in [2.45, 2.75) is 30.5 Å². The lowest BCUT2D eigenvalue weighted by Crippen LogP contribution is -2.48. The van der Waals surface area contributed by atoms with E-state index in [-0.39, 0.29) is 10.4 Å². The van der Waals surface area contributed by atoms with E-state index in [9.17, 15) is 36.3 Å². The third-order valence-corrected chi connectivity index (χ3v) is 6.58. The van der Waals surface area contributed by atoms with E-state index in [4.69, 9.17) is 17.3 Å². The molecule has 0 aromatic carbocycles. The highest BCUT2D eigenvalue weighted by molar-refractivity contribution is 7.94. The van der Waals surface area contributed by atoms with E-state index in [1.807, 2.05) is 0 Å². The first kappa shape index (κ1) is 23.1. The van der Waals surface area contributed by atoms with Gasteiger partial charge in [-0.25, -0.2) is 8.42 Å². The topological polar surface area (TPSA) is 131 Å². The molecule has 0 aliphatic rings. The van der Waals surface area contributed by atoms with Crippen LogP contribution in [0.3, 0.4) is 0 Å². The molecule has 2 rings (SSSR count). The predicted octanol–water partition coefficient (Wildman–Crippen LogP) is 2.41. The minimum Gasteiger partial charge on any atom is -0.381 e. The molecule has 2 amide bonds. The summed E-state index contributed by atoms with van der Waals surface area (Å²) in [6, 6.07) is 1.28. The normalized spacial score (nSPS) is 12.7. The molecule has 29 heavy (non-hydrogen) atoms. The highest BCUT2D eigenvalue weighted by Gasteiger charge is 2.43. The van der Waals surface area contributed by atoms with Gasteiger partial charge in [0.2, 0.25) is 0 Å². The Balaban J connectivity index is 2.82. The van der Waals surface area contributed by atoms with Gasteiger partial charge < -0.3 is 10.8 Å². The van der Waals surface area contributed by atoms with Gasteiger partial charge in [0.25, 0.3) is 21.8 Å². The van der Waals surface area contributed by atoms with Gasteiger partial charge in [-0.05, 0) is 31.4 Å². The molecule has 158 valence electrons. The average Bonchev–Trinajstić information content (AvgIpc) is 3.02. The van der Waals surface area contributed by atoms with E-state index in [0.29, 0.717) is 17.5 Å². The molecule has 2 aromatic rings. The number of carbonyl (C=O) groups excluding carboxylic acids is 2. The van der Waals surface area contributed by atoms with Crippen molar-refractivity contribution in [3.05, 3.63) is 40.0 Å². The number of halogens is 4. The van der Waals surface area contributed by atoms with Gasteiger partial charge in [-0.15, -0.1) is 11.3 Å². The van der Waals surface area contributed by atoms with Crippen LogP contribution in [0.15, 0.2) is 28.6 Å². The Morgan fingerprint density at radius 3 is 2.38 bits per heavy atom. The molecule has 14 heteroatoms. The van der Waals surface area contributed by atoms with Gasteiger partial charge >= 0.3 is 6.18 Å². The fraction of sp³-hybridized carbons (Fsp3) is 0.267. The number of nitrogens with two attached hydrogens (primary N) is 1. The Morgan fingerprint density at radius 2 is 1.90 bits per heavy atom. The van der Waals surface area contributed by atoms with Crippen molar-refractivity contribution < 1.29 is 36.3 Å². The van der Waals surface area contributed by atoms with Crippen LogP contribution in [0.1, 0.15) is 29.9 Å². The van der Waals surface area contributed by atoms with Crippen LogP contribution in [0.25, 0.3) is 0 Å². The minimum absolute atomic E-state index is 0.0130. The number of amides is 2. The third-order valence-electron chi connectivity index (χ3n) is 3.43. The lowest BCUT2D eigenvalue weighted by atomic mass is 10.1. The van der Waals surface area contributed by atoms with E-state index in [1.54, 1.807) is 0 Å². The highest BCUT2D eigenvalue weighted by Crippen LogP contribution is 2.37. The molecule has 0 aliphatic heterocycles. The summed E-state index contributed by atoms with van der Waals surface area (Å²) in [5, 5.41) is 10.1. The number of thiophene rings is 1. The molecule has 3 N–H and O–H groups in total. The average molecular weight is 472 g/mol. The molecule has 0 atom stereocenters.